The van der Waals surface area contributed by atoms with Crippen LogP contribution < -0.4 is 0 Å². The van der Waals surface area contributed by atoms with Gasteiger partial charge in [0.15, 0.2) is 0 Å². The van der Waals surface area contributed by atoms with E-state index < -0.39 is 11.4 Å². The zero-order chi connectivity index (χ0) is 13.9. The summed E-state index contributed by atoms with van der Waals surface area (Å²) in [5.41, 5.74) is -0.751. The van der Waals surface area contributed by atoms with E-state index in [4.69, 9.17) is 4.74 Å². The van der Waals surface area contributed by atoms with Crippen molar-refractivity contribution in [2.45, 2.75) is 25.8 Å². The third-order valence-corrected chi connectivity index (χ3v) is 4.99. The summed E-state index contributed by atoms with van der Waals surface area (Å²) >= 11 is 1.71. The predicted octanol–water partition coefficient (Wildman–Crippen LogP) is 2.62. The summed E-state index contributed by atoms with van der Waals surface area (Å²) in [6.45, 7) is 3.65. The van der Waals surface area contributed by atoms with E-state index in [1.54, 1.807) is 11.3 Å². The number of nitrogens with zero attached hydrogens (tertiary/aromatic N) is 1. The molecule has 1 aliphatic rings. The van der Waals surface area contributed by atoms with E-state index in [0.29, 0.717) is 26.2 Å². The highest BCUT2D eigenvalue weighted by atomic mass is 32.1. The van der Waals surface area contributed by atoms with Gasteiger partial charge < -0.3 is 9.84 Å². The Morgan fingerprint density at radius 2 is 2.47 bits per heavy atom. The minimum absolute atomic E-state index is 0.234. The first-order valence-electron chi connectivity index (χ1n) is 6.60. The Bertz CT molecular complexity index is 412. The molecule has 0 radical (unpaired) electrons. The van der Waals surface area contributed by atoms with Crippen LogP contribution in [0.4, 0.5) is 0 Å². The number of hydrogen-bond donors (Lipinski definition) is 1. The predicted molar refractivity (Wildman–Crippen MR) is 75.5 cm³/mol. The second-order valence-electron chi connectivity index (χ2n) is 5.35. The number of thiophene rings is 1. The van der Waals surface area contributed by atoms with E-state index >= 15 is 0 Å². The molecule has 2 atom stereocenters. The topological polar surface area (TPSA) is 49.8 Å². The van der Waals surface area contributed by atoms with Crippen LogP contribution in [0.3, 0.4) is 0 Å². The summed E-state index contributed by atoms with van der Waals surface area (Å²) in [6.07, 6.45) is 1.53. The van der Waals surface area contributed by atoms with Gasteiger partial charge in [0.2, 0.25) is 0 Å². The van der Waals surface area contributed by atoms with Crippen LogP contribution >= 0.6 is 11.3 Å². The molecule has 0 aromatic carbocycles. The summed E-state index contributed by atoms with van der Waals surface area (Å²) in [6, 6.07) is 4.36. The fourth-order valence-corrected chi connectivity index (χ4v) is 3.42. The minimum atomic E-state index is -0.751. The number of carboxylic acids is 1. The molecule has 0 amide bonds. The molecular weight excluding hydrogens is 262 g/mol. The van der Waals surface area contributed by atoms with Crippen molar-refractivity contribution >= 4 is 17.3 Å². The molecule has 5 heteroatoms. The Morgan fingerprint density at radius 3 is 3.00 bits per heavy atom. The Morgan fingerprint density at radius 1 is 1.68 bits per heavy atom. The maximum atomic E-state index is 11.6. The number of ether oxygens (including phenoxy) is 1. The molecule has 1 saturated heterocycles. The fraction of sp³-hybridized carbons (Fsp3) is 0.643. The molecule has 2 rings (SSSR count). The van der Waals surface area contributed by atoms with E-state index in [-0.39, 0.29) is 6.04 Å². The summed E-state index contributed by atoms with van der Waals surface area (Å²) < 4.78 is 5.41. The highest BCUT2D eigenvalue weighted by Crippen LogP contribution is 2.33. The number of rotatable bonds is 5. The van der Waals surface area contributed by atoms with Crippen LogP contribution in [0.5, 0.6) is 0 Å². The van der Waals surface area contributed by atoms with Gasteiger partial charge >= 0.3 is 5.97 Å². The van der Waals surface area contributed by atoms with Crippen LogP contribution in [0.15, 0.2) is 17.5 Å². The zero-order valence-electron chi connectivity index (χ0n) is 11.5. The van der Waals surface area contributed by atoms with Crippen LogP contribution in [0.25, 0.3) is 0 Å². The zero-order valence-corrected chi connectivity index (χ0v) is 12.3. The van der Waals surface area contributed by atoms with Crippen LogP contribution in [0, 0.1) is 5.41 Å². The third-order valence-electron chi connectivity index (χ3n) is 3.94. The molecule has 4 nitrogen and oxygen atoms in total. The largest absolute Gasteiger partial charge is 0.481 e. The maximum Gasteiger partial charge on any atom is 0.313 e. The van der Waals surface area contributed by atoms with Crippen LogP contribution in [0.2, 0.25) is 0 Å². The molecule has 2 heterocycles. The van der Waals surface area contributed by atoms with Crippen LogP contribution in [-0.2, 0) is 9.53 Å². The Hall–Kier alpha value is -0.910. The van der Waals surface area contributed by atoms with Crippen molar-refractivity contribution in [2.24, 2.45) is 5.41 Å². The van der Waals surface area contributed by atoms with E-state index in [9.17, 15) is 9.90 Å². The Balaban J connectivity index is 2.06. The second kappa shape index (κ2) is 6.03. The smallest absolute Gasteiger partial charge is 0.313 e. The minimum Gasteiger partial charge on any atom is -0.481 e. The van der Waals surface area contributed by atoms with Gasteiger partial charge in [-0.25, -0.2) is 0 Å². The molecule has 1 aromatic heterocycles. The van der Waals surface area contributed by atoms with E-state index in [1.807, 2.05) is 13.1 Å². The third kappa shape index (κ3) is 3.16. The molecule has 1 aliphatic heterocycles. The van der Waals surface area contributed by atoms with Gasteiger partial charge in [-0.15, -0.1) is 11.3 Å². The molecule has 0 spiro atoms. The van der Waals surface area contributed by atoms with E-state index in [2.05, 4.69) is 23.3 Å². The molecule has 1 N–H and O–H groups in total. The quantitative estimate of drug-likeness (QED) is 0.902. The molecule has 0 bridgehead atoms. The van der Waals surface area contributed by atoms with Gasteiger partial charge in [-0.1, -0.05) is 6.07 Å². The molecule has 1 aromatic rings. The monoisotopic (exact) mass is 283 g/mol. The number of carboxylic acid groups (broad SMARTS) is 1. The molecule has 2 unspecified atom stereocenters. The van der Waals surface area contributed by atoms with Crippen LogP contribution in [-0.4, -0.2) is 42.8 Å². The van der Waals surface area contributed by atoms with E-state index in [1.165, 1.54) is 4.88 Å². The van der Waals surface area contributed by atoms with Gasteiger partial charge in [-0.05, 0) is 38.3 Å². The van der Waals surface area contributed by atoms with Crippen molar-refractivity contribution in [3.8, 4) is 0 Å². The van der Waals surface area contributed by atoms with Gasteiger partial charge in [-0.3, -0.25) is 9.69 Å². The van der Waals surface area contributed by atoms with Gasteiger partial charge in [0.1, 0.15) is 5.41 Å². The van der Waals surface area contributed by atoms with Crippen molar-refractivity contribution < 1.29 is 14.6 Å². The van der Waals surface area contributed by atoms with Crippen molar-refractivity contribution in [2.75, 3.05) is 26.8 Å². The highest BCUT2D eigenvalue weighted by Gasteiger charge is 2.42. The molecule has 1 fully saturated rings. The first kappa shape index (κ1) is 14.5. The fourth-order valence-electron chi connectivity index (χ4n) is 2.57. The molecular formula is C14H21NO3S. The second-order valence-corrected chi connectivity index (χ2v) is 6.33. The number of carbonyl (C=O) groups is 1. The van der Waals surface area contributed by atoms with Gasteiger partial charge in [-0.2, -0.15) is 0 Å². The Labute approximate surface area is 118 Å². The van der Waals surface area contributed by atoms with Crippen LogP contribution in [0.1, 0.15) is 30.7 Å². The molecule has 0 saturated carbocycles. The molecule has 106 valence electrons. The lowest BCUT2D eigenvalue weighted by molar-refractivity contribution is -0.159. The lowest BCUT2D eigenvalue weighted by atomic mass is 9.82. The summed E-state index contributed by atoms with van der Waals surface area (Å²) in [5, 5.41) is 11.6. The normalized spacial score (nSPS) is 25.4. The number of hydrogen-bond acceptors (Lipinski definition) is 4. The summed E-state index contributed by atoms with van der Waals surface area (Å²) in [4.78, 5) is 15.0. The molecule has 0 aliphatic carbocycles. The van der Waals surface area contributed by atoms with Crippen molar-refractivity contribution in [1.29, 1.82) is 0 Å². The lowest BCUT2D eigenvalue weighted by Crippen LogP contribution is -2.47. The first-order chi connectivity index (χ1) is 9.05. The standard InChI is InChI=1S/C14H21NO3S/c1-11(12-5-3-8-19-12)15(2)9-14(13(16)17)6-4-7-18-10-14/h3,5,8,11H,4,6-7,9-10H2,1-2H3,(H,16,17). The highest BCUT2D eigenvalue weighted by molar-refractivity contribution is 7.10. The van der Waals surface area contributed by atoms with Gasteiger partial charge in [0, 0.05) is 24.1 Å². The Kier molecular flexibility index (Phi) is 4.60. The van der Waals surface area contributed by atoms with Gasteiger partial charge in [0.05, 0.1) is 6.61 Å². The maximum absolute atomic E-state index is 11.6. The average Bonchev–Trinajstić information content (AvgIpc) is 2.92. The SMILES string of the molecule is CC(c1cccs1)N(C)CC1(C(=O)O)CCCOC1. The molecule has 19 heavy (non-hydrogen) atoms. The summed E-state index contributed by atoms with van der Waals surface area (Å²) in [7, 11) is 1.99. The first-order valence-corrected chi connectivity index (χ1v) is 7.48. The van der Waals surface area contributed by atoms with E-state index in [0.717, 1.165) is 6.42 Å². The number of aliphatic carboxylic acids is 1. The van der Waals surface area contributed by atoms with Gasteiger partial charge in [0.25, 0.3) is 0 Å². The summed E-state index contributed by atoms with van der Waals surface area (Å²) in [5.74, 6) is -0.738. The van der Waals surface area contributed by atoms with Crippen molar-refractivity contribution in [3.05, 3.63) is 22.4 Å². The van der Waals surface area contributed by atoms with Crippen molar-refractivity contribution in [1.82, 2.24) is 4.90 Å². The average molecular weight is 283 g/mol. The van der Waals surface area contributed by atoms with Crippen molar-refractivity contribution in [3.63, 3.8) is 0 Å². The lowest BCUT2D eigenvalue weighted by Gasteiger charge is -2.38.